The largest absolute Gasteiger partial charge is 0.265 e. The molecule has 0 aliphatic carbocycles. The summed E-state index contributed by atoms with van der Waals surface area (Å²) in [4.78, 5) is 4.23. The van der Waals surface area contributed by atoms with Crippen molar-refractivity contribution in [1.29, 1.82) is 0 Å². The predicted molar refractivity (Wildman–Crippen MR) is 78.9 cm³/mol. The van der Waals surface area contributed by atoms with Crippen LogP contribution in [0.25, 0.3) is 0 Å². The summed E-state index contributed by atoms with van der Waals surface area (Å²) in [6.07, 6.45) is 0. The minimum atomic E-state index is -3.68. The molecule has 1 aromatic carbocycles. The zero-order valence-corrected chi connectivity index (χ0v) is 13.2. The molecule has 0 fully saturated rings. The molecule has 0 aliphatic heterocycles. The van der Waals surface area contributed by atoms with Gasteiger partial charge in [0.2, 0.25) is 0 Å². The van der Waals surface area contributed by atoms with E-state index in [1.807, 2.05) is 0 Å². The number of sulfonamides is 1. The Morgan fingerprint density at radius 2 is 1.95 bits per heavy atom. The maximum atomic E-state index is 12.4. The van der Waals surface area contributed by atoms with Crippen molar-refractivity contribution in [2.45, 2.75) is 11.8 Å². The van der Waals surface area contributed by atoms with Crippen LogP contribution in [0.3, 0.4) is 0 Å². The molecule has 0 aliphatic rings. The summed E-state index contributed by atoms with van der Waals surface area (Å²) in [5.41, 5.74) is 0.774. The second-order valence-electron chi connectivity index (χ2n) is 3.82. The molecular formula is C11H10Cl2N2O2S2. The van der Waals surface area contributed by atoms with Crippen LogP contribution in [0.4, 0.5) is 5.13 Å². The van der Waals surface area contributed by atoms with E-state index in [1.165, 1.54) is 36.6 Å². The minimum Gasteiger partial charge on any atom is -0.244 e. The third-order valence-corrected chi connectivity index (χ3v) is 6.06. The van der Waals surface area contributed by atoms with Gasteiger partial charge < -0.3 is 0 Å². The fourth-order valence-electron chi connectivity index (χ4n) is 1.38. The number of rotatable bonds is 3. The lowest BCUT2D eigenvalue weighted by atomic mass is 10.4. The molecule has 0 bridgehead atoms. The van der Waals surface area contributed by atoms with Gasteiger partial charge in [-0.05, 0) is 25.1 Å². The first kappa shape index (κ1) is 14.6. The Morgan fingerprint density at radius 1 is 1.26 bits per heavy atom. The first-order valence-electron chi connectivity index (χ1n) is 5.18. The van der Waals surface area contributed by atoms with Crippen LogP contribution >= 0.6 is 34.5 Å². The van der Waals surface area contributed by atoms with Crippen molar-refractivity contribution in [3.8, 4) is 0 Å². The first-order chi connectivity index (χ1) is 8.82. The molecule has 0 saturated carbocycles. The van der Waals surface area contributed by atoms with Crippen molar-refractivity contribution in [3.63, 3.8) is 0 Å². The molecule has 0 atom stereocenters. The third kappa shape index (κ3) is 2.86. The maximum Gasteiger partial charge on any atom is 0.265 e. The fourth-order valence-corrected chi connectivity index (χ4v) is 3.91. The number of thiazole rings is 1. The SMILES string of the molecule is Cc1csc(N(C)S(=O)(=O)c2ccc(Cl)c(Cl)c2)n1. The molecular weight excluding hydrogens is 327 g/mol. The molecule has 8 heteroatoms. The van der Waals surface area contributed by atoms with Crippen LogP contribution in [0, 0.1) is 6.92 Å². The number of halogens is 2. The molecule has 19 heavy (non-hydrogen) atoms. The summed E-state index contributed by atoms with van der Waals surface area (Å²) < 4.78 is 25.9. The fraction of sp³-hybridized carbons (Fsp3) is 0.182. The quantitative estimate of drug-likeness (QED) is 0.860. The van der Waals surface area contributed by atoms with Crippen LogP contribution in [0.5, 0.6) is 0 Å². The lowest BCUT2D eigenvalue weighted by molar-refractivity contribution is 0.594. The van der Waals surface area contributed by atoms with Gasteiger partial charge in [0, 0.05) is 12.4 Å². The molecule has 0 N–H and O–H groups in total. The van der Waals surface area contributed by atoms with E-state index in [1.54, 1.807) is 12.3 Å². The average molecular weight is 337 g/mol. The van der Waals surface area contributed by atoms with E-state index in [2.05, 4.69) is 4.98 Å². The molecule has 0 saturated heterocycles. The standard InChI is InChI=1S/C11H10Cl2N2O2S2/c1-7-6-18-11(14-7)15(2)19(16,17)8-3-4-9(12)10(13)5-8/h3-6H,1-2H3. The van der Waals surface area contributed by atoms with E-state index in [-0.39, 0.29) is 9.92 Å². The van der Waals surface area contributed by atoms with Gasteiger partial charge in [0.05, 0.1) is 20.6 Å². The molecule has 0 spiro atoms. The Hall–Kier alpha value is -0.820. The normalized spacial score (nSPS) is 11.6. The van der Waals surface area contributed by atoms with Crippen molar-refractivity contribution in [2.24, 2.45) is 0 Å². The molecule has 1 aromatic heterocycles. The minimum absolute atomic E-state index is 0.0808. The van der Waals surface area contributed by atoms with Gasteiger partial charge in [-0.1, -0.05) is 23.2 Å². The second-order valence-corrected chi connectivity index (χ2v) is 7.44. The molecule has 0 radical (unpaired) electrons. The summed E-state index contributed by atoms with van der Waals surface area (Å²) in [5.74, 6) is 0. The zero-order chi connectivity index (χ0) is 14.2. The number of nitrogens with zero attached hydrogens (tertiary/aromatic N) is 2. The second kappa shape index (κ2) is 5.28. The average Bonchev–Trinajstić information content (AvgIpc) is 2.78. The van der Waals surface area contributed by atoms with Gasteiger partial charge >= 0.3 is 0 Å². The summed E-state index contributed by atoms with van der Waals surface area (Å²) in [6.45, 7) is 1.81. The molecule has 2 aromatic rings. The molecule has 4 nitrogen and oxygen atoms in total. The highest BCUT2D eigenvalue weighted by Gasteiger charge is 2.24. The van der Waals surface area contributed by atoms with Crippen LogP contribution in [-0.4, -0.2) is 20.4 Å². The molecule has 1 heterocycles. The monoisotopic (exact) mass is 336 g/mol. The lowest BCUT2D eigenvalue weighted by Crippen LogP contribution is -2.26. The molecule has 0 amide bonds. The van der Waals surface area contributed by atoms with Crippen molar-refractivity contribution >= 4 is 49.7 Å². The number of benzene rings is 1. The van der Waals surface area contributed by atoms with Gasteiger partial charge in [0.1, 0.15) is 0 Å². The molecule has 102 valence electrons. The van der Waals surface area contributed by atoms with E-state index in [0.29, 0.717) is 10.2 Å². The van der Waals surface area contributed by atoms with E-state index < -0.39 is 10.0 Å². The highest BCUT2D eigenvalue weighted by atomic mass is 35.5. The Balaban J connectivity index is 2.44. The summed E-state index contributed by atoms with van der Waals surface area (Å²) >= 11 is 12.9. The number of hydrogen-bond donors (Lipinski definition) is 0. The number of hydrogen-bond acceptors (Lipinski definition) is 4. The van der Waals surface area contributed by atoms with Crippen LogP contribution in [0.1, 0.15) is 5.69 Å². The van der Waals surface area contributed by atoms with Crippen LogP contribution in [0.15, 0.2) is 28.5 Å². The predicted octanol–water partition coefficient (Wildman–Crippen LogP) is 3.58. The Morgan fingerprint density at radius 3 is 2.47 bits per heavy atom. The summed E-state index contributed by atoms with van der Waals surface area (Å²) in [5, 5.41) is 2.71. The molecule has 0 unspecified atom stereocenters. The topological polar surface area (TPSA) is 50.3 Å². The third-order valence-electron chi connectivity index (χ3n) is 2.43. The maximum absolute atomic E-state index is 12.4. The molecule has 2 rings (SSSR count). The van der Waals surface area contributed by atoms with Gasteiger partial charge in [-0.25, -0.2) is 17.7 Å². The van der Waals surface area contributed by atoms with E-state index in [4.69, 9.17) is 23.2 Å². The van der Waals surface area contributed by atoms with Crippen LogP contribution < -0.4 is 4.31 Å². The van der Waals surface area contributed by atoms with E-state index >= 15 is 0 Å². The van der Waals surface area contributed by atoms with Crippen LogP contribution in [0.2, 0.25) is 10.0 Å². The Labute approximate surface area is 125 Å². The van der Waals surface area contributed by atoms with Crippen molar-refractivity contribution in [3.05, 3.63) is 39.3 Å². The van der Waals surface area contributed by atoms with Crippen molar-refractivity contribution < 1.29 is 8.42 Å². The van der Waals surface area contributed by atoms with Crippen LogP contribution in [-0.2, 0) is 10.0 Å². The smallest absolute Gasteiger partial charge is 0.244 e. The number of aryl methyl sites for hydroxylation is 1. The van der Waals surface area contributed by atoms with E-state index in [0.717, 1.165) is 10.00 Å². The van der Waals surface area contributed by atoms with E-state index in [9.17, 15) is 8.42 Å². The number of aromatic nitrogens is 1. The van der Waals surface area contributed by atoms with Crippen molar-refractivity contribution in [1.82, 2.24) is 4.98 Å². The van der Waals surface area contributed by atoms with Gasteiger partial charge in [-0.15, -0.1) is 11.3 Å². The highest BCUT2D eigenvalue weighted by Crippen LogP contribution is 2.29. The van der Waals surface area contributed by atoms with Gasteiger partial charge in [-0.2, -0.15) is 0 Å². The first-order valence-corrected chi connectivity index (χ1v) is 8.26. The van der Waals surface area contributed by atoms with Gasteiger partial charge in [0.25, 0.3) is 10.0 Å². The van der Waals surface area contributed by atoms with Gasteiger partial charge in [-0.3, -0.25) is 0 Å². The summed E-state index contributed by atoms with van der Waals surface area (Å²) in [7, 11) is -2.23. The Kier molecular flexibility index (Phi) is 4.06. The Bertz CT molecular complexity index is 713. The lowest BCUT2D eigenvalue weighted by Gasteiger charge is -2.16. The number of anilines is 1. The zero-order valence-electron chi connectivity index (χ0n) is 10.1. The van der Waals surface area contributed by atoms with Gasteiger partial charge in [0.15, 0.2) is 5.13 Å². The summed E-state index contributed by atoms with van der Waals surface area (Å²) in [6, 6.07) is 4.20. The highest BCUT2D eigenvalue weighted by molar-refractivity contribution is 7.93. The van der Waals surface area contributed by atoms with Crippen molar-refractivity contribution in [2.75, 3.05) is 11.4 Å².